The molecule has 3 heterocycles. The average molecular weight is 421 g/mol. The summed E-state index contributed by atoms with van der Waals surface area (Å²) in [5, 5.41) is 3.92. The smallest absolute Gasteiger partial charge is 0.280 e. The minimum absolute atomic E-state index is 0.0968. The Labute approximate surface area is 169 Å². The first-order valence-corrected chi connectivity index (χ1v) is 9.43. The third-order valence-corrected chi connectivity index (χ3v) is 5.17. The molecule has 1 amide bonds. The van der Waals surface area contributed by atoms with Crippen molar-refractivity contribution >= 4 is 11.6 Å². The Morgan fingerprint density at radius 1 is 1.17 bits per heavy atom. The lowest BCUT2D eigenvalue weighted by atomic mass is 10.1. The van der Waals surface area contributed by atoms with Gasteiger partial charge in [-0.3, -0.25) is 9.69 Å². The van der Waals surface area contributed by atoms with Crippen LogP contribution in [-0.2, 0) is 6.54 Å². The summed E-state index contributed by atoms with van der Waals surface area (Å²) in [5.41, 5.74) is 0.564. The number of hydrogen-bond donors (Lipinski definition) is 0. The number of halogens is 4. The molecule has 0 aliphatic carbocycles. The van der Waals surface area contributed by atoms with Crippen LogP contribution in [0, 0.1) is 18.6 Å². The molecule has 0 atom stereocenters. The lowest BCUT2D eigenvalue weighted by Gasteiger charge is -2.34. The summed E-state index contributed by atoms with van der Waals surface area (Å²) in [5.74, 6) is -2.10. The zero-order valence-electron chi connectivity index (χ0n) is 16.2. The number of nitrogens with zero attached hydrogens (tertiary/aromatic N) is 5. The Kier molecular flexibility index (Phi) is 5.42. The van der Waals surface area contributed by atoms with E-state index in [1.54, 1.807) is 11.8 Å². The molecule has 3 aromatic rings. The van der Waals surface area contributed by atoms with E-state index in [0.717, 1.165) is 10.6 Å². The number of carbonyl (C=O) groups is 1. The molecule has 0 bridgehead atoms. The number of aryl methyl sites for hydroxylation is 1. The molecule has 1 aliphatic rings. The third-order valence-electron chi connectivity index (χ3n) is 5.17. The number of aromatic nitrogens is 3. The van der Waals surface area contributed by atoms with E-state index in [1.165, 1.54) is 24.4 Å². The lowest BCUT2D eigenvalue weighted by molar-refractivity contribution is 0.0628. The van der Waals surface area contributed by atoms with Gasteiger partial charge < -0.3 is 4.90 Å². The molecule has 0 N–H and O–H groups in total. The van der Waals surface area contributed by atoms with E-state index < -0.39 is 18.1 Å². The van der Waals surface area contributed by atoms with Crippen LogP contribution < -0.4 is 0 Å². The van der Waals surface area contributed by atoms with Crippen molar-refractivity contribution in [2.75, 3.05) is 26.2 Å². The standard InChI is InChI=1S/C20H19F4N5O/c1-12-9-16(18(23)24)29-19(26-12)14(10-25-29)20(30)28-7-5-27(6-8-28)11-13-3-2-4-15(21)17(13)22/h2-4,9-10,18H,5-8,11H2,1H3. The first-order chi connectivity index (χ1) is 14.3. The molecule has 0 radical (unpaired) electrons. The van der Waals surface area contributed by atoms with Gasteiger partial charge in [0.25, 0.3) is 12.3 Å². The lowest BCUT2D eigenvalue weighted by Crippen LogP contribution is -2.48. The number of rotatable bonds is 4. The van der Waals surface area contributed by atoms with Crippen molar-refractivity contribution in [1.29, 1.82) is 0 Å². The van der Waals surface area contributed by atoms with Gasteiger partial charge in [-0.1, -0.05) is 12.1 Å². The summed E-state index contributed by atoms with van der Waals surface area (Å²) in [6.45, 7) is 3.48. The van der Waals surface area contributed by atoms with E-state index in [4.69, 9.17) is 0 Å². The van der Waals surface area contributed by atoms with E-state index in [-0.39, 0.29) is 34.9 Å². The predicted octanol–water partition coefficient (Wildman–Crippen LogP) is 3.21. The van der Waals surface area contributed by atoms with Crippen LogP contribution in [0.3, 0.4) is 0 Å². The predicted molar refractivity (Wildman–Crippen MR) is 100 cm³/mol. The summed E-state index contributed by atoms with van der Waals surface area (Å²) in [7, 11) is 0. The second kappa shape index (κ2) is 8.02. The van der Waals surface area contributed by atoms with E-state index in [2.05, 4.69) is 10.1 Å². The fourth-order valence-corrected chi connectivity index (χ4v) is 3.61. The number of alkyl halides is 2. The zero-order valence-corrected chi connectivity index (χ0v) is 16.2. The van der Waals surface area contributed by atoms with Crippen LogP contribution in [0.2, 0.25) is 0 Å². The molecule has 158 valence electrons. The van der Waals surface area contributed by atoms with Crippen LogP contribution in [0.1, 0.15) is 33.7 Å². The number of amides is 1. The van der Waals surface area contributed by atoms with Crippen molar-refractivity contribution in [3.05, 3.63) is 64.6 Å². The van der Waals surface area contributed by atoms with Crippen molar-refractivity contribution in [2.45, 2.75) is 19.9 Å². The minimum Gasteiger partial charge on any atom is -0.336 e. The Morgan fingerprint density at radius 2 is 1.90 bits per heavy atom. The topological polar surface area (TPSA) is 53.7 Å². The number of piperazine rings is 1. The molecule has 4 rings (SSSR count). The van der Waals surface area contributed by atoms with Gasteiger partial charge in [0.2, 0.25) is 0 Å². The number of hydrogen-bond acceptors (Lipinski definition) is 4. The van der Waals surface area contributed by atoms with Crippen LogP contribution in [0.25, 0.3) is 5.65 Å². The van der Waals surface area contributed by atoms with Crippen LogP contribution in [-0.4, -0.2) is 56.5 Å². The van der Waals surface area contributed by atoms with Gasteiger partial charge in [0.05, 0.1) is 6.20 Å². The monoisotopic (exact) mass is 421 g/mol. The molecule has 1 fully saturated rings. The van der Waals surface area contributed by atoms with Gasteiger partial charge in [-0.25, -0.2) is 27.1 Å². The van der Waals surface area contributed by atoms with E-state index in [1.807, 2.05) is 4.90 Å². The van der Waals surface area contributed by atoms with Gasteiger partial charge in [0, 0.05) is 44.0 Å². The summed E-state index contributed by atoms with van der Waals surface area (Å²) in [6, 6.07) is 5.30. The molecule has 1 saturated heterocycles. The molecule has 0 saturated carbocycles. The van der Waals surface area contributed by atoms with Gasteiger partial charge in [-0.2, -0.15) is 5.10 Å². The molecule has 10 heteroatoms. The highest BCUT2D eigenvalue weighted by Gasteiger charge is 2.27. The molecule has 0 spiro atoms. The maximum Gasteiger partial charge on any atom is 0.280 e. The highest BCUT2D eigenvalue weighted by molar-refractivity contribution is 5.99. The second-order valence-corrected chi connectivity index (χ2v) is 7.20. The minimum atomic E-state index is -2.75. The van der Waals surface area contributed by atoms with Crippen molar-refractivity contribution in [3.63, 3.8) is 0 Å². The number of fused-ring (bicyclic) bond motifs is 1. The largest absolute Gasteiger partial charge is 0.336 e. The van der Waals surface area contributed by atoms with Gasteiger partial charge in [-0.05, 0) is 19.1 Å². The third kappa shape index (κ3) is 3.74. The second-order valence-electron chi connectivity index (χ2n) is 7.20. The fraction of sp³-hybridized carbons (Fsp3) is 0.350. The van der Waals surface area contributed by atoms with E-state index >= 15 is 0 Å². The Bertz CT molecular complexity index is 1090. The molecular formula is C20H19F4N5O. The summed E-state index contributed by atoms with van der Waals surface area (Å²) in [4.78, 5) is 20.7. The Balaban J connectivity index is 1.48. The molecule has 1 aliphatic heterocycles. The van der Waals surface area contributed by atoms with Crippen molar-refractivity contribution in [3.8, 4) is 0 Å². The zero-order chi connectivity index (χ0) is 21.4. The van der Waals surface area contributed by atoms with Crippen molar-refractivity contribution < 1.29 is 22.4 Å². The SMILES string of the molecule is Cc1cc(C(F)F)n2ncc(C(=O)N3CCN(Cc4cccc(F)c4F)CC3)c2n1. The summed E-state index contributed by atoms with van der Waals surface area (Å²) < 4.78 is 54.8. The normalized spacial score (nSPS) is 15.3. The first kappa shape index (κ1) is 20.3. The molecular weight excluding hydrogens is 402 g/mol. The molecule has 30 heavy (non-hydrogen) atoms. The van der Waals surface area contributed by atoms with Crippen molar-refractivity contribution in [2.24, 2.45) is 0 Å². The van der Waals surface area contributed by atoms with Crippen molar-refractivity contribution in [1.82, 2.24) is 24.4 Å². The molecule has 2 aromatic heterocycles. The van der Waals surface area contributed by atoms with Crippen LogP contribution in [0.4, 0.5) is 17.6 Å². The van der Waals surface area contributed by atoms with Crippen LogP contribution >= 0.6 is 0 Å². The molecule has 0 unspecified atom stereocenters. The highest BCUT2D eigenvalue weighted by atomic mass is 19.3. The maximum atomic E-state index is 13.9. The quantitative estimate of drug-likeness (QED) is 0.607. The Hall–Kier alpha value is -3.01. The summed E-state index contributed by atoms with van der Waals surface area (Å²) in [6.07, 6.45) is -1.49. The van der Waals surface area contributed by atoms with Gasteiger partial charge >= 0.3 is 0 Å². The number of benzene rings is 1. The molecule has 1 aromatic carbocycles. The van der Waals surface area contributed by atoms with E-state index in [9.17, 15) is 22.4 Å². The van der Waals surface area contributed by atoms with Crippen LogP contribution in [0.5, 0.6) is 0 Å². The fourth-order valence-electron chi connectivity index (χ4n) is 3.61. The van der Waals surface area contributed by atoms with Gasteiger partial charge in [-0.15, -0.1) is 0 Å². The number of carbonyl (C=O) groups excluding carboxylic acids is 1. The Morgan fingerprint density at radius 3 is 2.60 bits per heavy atom. The maximum absolute atomic E-state index is 13.9. The summed E-state index contributed by atoms with van der Waals surface area (Å²) >= 11 is 0. The highest BCUT2D eigenvalue weighted by Crippen LogP contribution is 2.23. The average Bonchev–Trinajstić information content (AvgIpc) is 3.14. The van der Waals surface area contributed by atoms with Gasteiger partial charge in [0.15, 0.2) is 17.3 Å². The molecule has 6 nitrogen and oxygen atoms in total. The van der Waals surface area contributed by atoms with E-state index in [0.29, 0.717) is 31.9 Å². The van der Waals surface area contributed by atoms with Crippen LogP contribution in [0.15, 0.2) is 30.5 Å². The van der Waals surface area contributed by atoms with Gasteiger partial charge in [0.1, 0.15) is 11.3 Å². The first-order valence-electron chi connectivity index (χ1n) is 9.43.